The van der Waals surface area contributed by atoms with Gasteiger partial charge >= 0.3 is 0 Å². The number of carbonyl (C=O) groups is 2. The summed E-state index contributed by atoms with van der Waals surface area (Å²) in [5, 5.41) is 3.73. The van der Waals surface area contributed by atoms with Crippen LogP contribution in [0.2, 0.25) is 0 Å². The molecule has 0 spiro atoms. The van der Waals surface area contributed by atoms with Crippen LogP contribution in [-0.4, -0.2) is 47.9 Å². The number of aromatic nitrogens is 1. The molecule has 0 bridgehead atoms. The van der Waals surface area contributed by atoms with Gasteiger partial charge in [0.25, 0.3) is 0 Å². The number of nitrogens with zero attached hydrogens (tertiary/aromatic N) is 3. The number of aryl methyl sites for hydroxylation is 2. The van der Waals surface area contributed by atoms with Gasteiger partial charge in [0.1, 0.15) is 5.82 Å². The van der Waals surface area contributed by atoms with E-state index in [4.69, 9.17) is 4.98 Å². The molecule has 6 nitrogen and oxygen atoms in total. The van der Waals surface area contributed by atoms with Crippen molar-refractivity contribution in [3.05, 3.63) is 40.2 Å². The summed E-state index contributed by atoms with van der Waals surface area (Å²) in [6.45, 7) is 8.68. The number of halogens is 1. The molecule has 1 fully saturated rings. The quantitative estimate of drug-likeness (QED) is 0.782. The lowest BCUT2D eigenvalue weighted by molar-refractivity contribution is -0.134. The molecule has 0 unspecified atom stereocenters. The van der Waals surface area contributed by atoms with Gasteiger partial charge in [-0.2, -0.15) is 0 Å². The minimum absolute atomic E-state index is 0.0233. The van der Waals surface area contributed by atoms with Gasteiger partial charge in [-0.3, -0.25) is 9.59 Å². The molecular weight excluding hydrogens is 415 g/mol. The van der Waals surface area contributed by atoms with Crippen LogP contribution in [0.4, 0.5) is 15.2 Å². The number of fused-ring (bicyclic) bond motifs is 1. The lowest BCUT2D eigenvalue weighted by atomic mass is 9.90. The first-order chi connectivity index (χ1) is 14.8. The highest BCUT2D eigenvalue weighted by atomic mass is 32.1. The molecule has 2 heterocycles. The number of hydrogen-bond donors (Lipinski definition) is 1. The lowest BCUT2D eigenvalue weighted by Gasteiger charge is -2.35. The molecule has 1 saturated heterocycles. The zero-order valence-corrected chi connectivity index (χ0v) is 19.1. The average Bonchev–Trinajstić information content (AvgIpc) is 3.18. The number of carbonyl (C=O) groups excluding carboxylic acids is 2. The SMILES string of the molecule is Cc1ccc(NC(=O)[C@H]2CCc3nc(N4CCN(C(=O)C(C)C)CC4)sc3C2)c(F)c1. The Kier molecular flexibility index (Phi) is 6.27. The Bertz CT molecular complexity index is 982. The third-order valence-electron chi connectivity index (χ3n) is 6.04. The molecule has 8 heteroatoms. The topological polar surface area (TPSA) is 65.5 Å². The van der Waals surface area contributed by atoms with Crippen molar-refractivity contribution in [1.29, 1.82) is 0 Å². The van der Waals surface area contributed by atoms with Gasteiger partial charge in [-0.05, 0) is 43.9 Å². The van der Waals surface area contributed by atoms with E-state index in [0.717, 1.165) is 40.8 Å². The highest BCUT2D eigenvalue weighted by molar-refractivity contribution is 7.15. The van der Waals surface area contributed by atoms with E-state index in [1.54, 1.807) is 23.5 Å². The van der Waals surface area contributed by atoms with Crippen molar-refractivity contribution in [2.24, 2.45) is 11.8 Å². The molecule has 1 aromatic heterocycles. The van der Waals surface area contributed by atoms with Crippen LogP contribution in [0, 0.1) is 24.6 Å². The molecule has 1 N–H and O–H groups in total. The molecular formula is C23H29FN4O2S. The normalized spacial score (nSPS) is 18.8. The number of piperazine rings is 1. The van der Waals surface area contributed by atoms with Crippen LogP contribution in [0.1, 0.15) is 36.4 Å². The smallest absolute Gasteiger partial charge is 0.227 e. The first kappa shape index (κ1) is 21.7. The number of anilines is 2. The first-order valence-electron chi connectivity index (χ1n) is 10.9. The van der Waals surface area contributed by atoms with Gasteiger partial charge < -0.3 is 15.1 Å². The van der Waals surface area contributed by atoms with E-state index in [0.29, 0.717) is 25.9 Å². The van der Waals surface area contributed by atoms with E-state index in [-0.39, 0.29) is 29.3 Å². The van der Waals surface area contributed by atoms with Gasteiger partial charge in [0.15, 0.2) is 5.13 Å². The van der Waals surface area contributed by atoms with Gasteiger partial charge in [0.05, 0.1) is 11.4 Å². The van der Waals surface area contributed by atoms with Gasteiger partial charge in [-0.15, -0.1) is 11.3 Å². The molecule has 0 radical (unpaired) electrons. The molecule has 2 amide bonds. The Labute approximate surface area is 186 Å². The Morgan fingerprint density at radius 1 is 1.23 bits per heavy atom. The summed E-state index contributed by atoms with van der Waals surface area (Å²) in [6.07, 6.45) is 2.11. The third kappa shape index (κ3) is 4.74. The fraction of sp³-hybridized carbons (Fsp3) is 0.522. The Balaban J connectivity index is 1.37. The van der Waals surface area contributed by atoms with Crippen LogP contribution in [0.15, 0.2) is 18.2 Å². The van der Waals surface area contributed by atoms with Crippen molar-refractivity contribution in [2.75, 3.05) is 36.4 Å². The maximum Gasteiger partial charge on any atom is 0.227 e. The molecule has 1 aromatic carbocycles. The summed E-state index contributed by atoms with van der Waals surface area (Å²) in [4.78, 5) is 35.1. The highest BCUT2D eigenvalue weighted by Gasteiger charge is 2.30. The summed E-state index contributed by atoms with van der Waals surface area (Å²) in [6, 6.07) is 4.84. The molecule has 0 saturated carbocycles. The molecule has 1 aliphatic heterocycles. The van der Waals surface area contributed by atoms with Crippen LogP contribution in [0.25, 0.3) is 0 Å². The third-order valence-corrected chi connectivity index (χ3v) is 7.22. The monoisotopic (exact) mass is 444 g/mol. The Morgan fingerprint density at radius 2 is 1.97 bits per heavy atom. The van der Waals surface area contributed by atoms with Crippen molar-refractivity contribution >= 4 is 34.0 Å². The zero-order valence-electron chi connectivity index (χ0n) is 18.3. The van der Waals surface area contributed by atoms with Crippen molar-refractivity contribution in [3.8, 4) is 0 Å². The number of nitrogens with one attached hydrogen (secondary N) is 1. The first-order valence-corrected chi connectivity index (χ1v) is 11.7. The van der Waals surface area contributed by atoms with E-state index in [2.05, 4.69) is 10.2 Å². The van der Waals surface area contributed by atoms with E-state index < -0.39 is 5.82 Å². The molecule has 1 aliphatic carbocycles. The van der Waals surface area contributed by atoms with Gasteiger partial charge in [-0.1, -0.05) is 19.9 Å². The maximum absolute atomic E-state index is 14.1. The predicted octanol–water partition coefficient (Wildman–Crippen LogP) is 3.64. The number of amides is 2. The second-order valence-corrected chi connectivity index (χ2v) is 9.81. The Hall–Kier alpha value is -2.48. The number of rotatable bonds is 4. The van der Waals surface area contributed by atoms with Crippen LogP contribution < -0.4 is 10.2 Å². The summed E-state index contributed by atoms with van der Waals surface area (Å²) in [7, 11) is 0. The average molecular weight is 445 g/mol. The highest BCUT2D eigenvalue weighted by Crippen LogP contribution is 2.35. The fourth-order valence-corrected chi connectivity index (χ4v) is 5.40. The second-order valence-electron chi connectivity index (χ2n) is 8.75. The van der Waals surface area contributed by atoms with Crippen LogP contribution in [0.3, 0.4) is 0 Å². The van der Waals surface area contributed by atoms with E-state index in [9.17, 15) is 14.0 Å². The van der Waals surface area contributed by atoms with Crippen molar-refractivity contribution < 1.29 is 14.0 Å². The van der Waals surface area contributed by atoms with Gasteiger partial charge in [-0.25, -0.2) is 9.37 Å². The molecule has 2 aliphatic rings. The van der Waals surface area contributed by atoms with Crippen molar-refractivity contribution in [3.63, 3.8) is 0 Å². The summed E-state index contributed by atoms with van der Waals surface area (Å²) >= 11 is 1.65. The molecule has 166 valence electrons. The Morgan fingerprint density at radius 3 is 2.65 bits per heavy atom. The molecule has 31 heavy (non-hydrogen) atoms. The fourth-order valence-electron chi connectivity index (χ4n) is 4.16. The zero-order chi connectivity index (χ0) is 22.1. The minimum atomic E-state index is -0.403. The second kappa shape index (κ2) is 8.94. The van der Waals surface area contributed by atoms with Crippen LogP contribution in [0.5, 0.6) is 0 Å². The number of thiazole rings is 1. The summed E-state index contributed by atoms with van der Waals surface area (Å²) in [5.41, 5.74) is 2.14. The van der Waals surface area contributed by atoms with E-state index in [1.165, 1.54) is 6.07 Å². The van der Waals surface area contributed by atoms with Crippen molar-refractivity contribution in [1.82, 2.24) is 9.88 Å². The van der Waals surface area contributed by atoms with E-state index in [1.807, 2.05) is 25.7 Å². The van der Waals surface area contributed by atoms with Crippen LogP contribution in [-0.2, 0) is 22.4 Å². The number of hydrogen-bond acceptors (Lipinski definition) is 5. The minimum Gasteiger partial charge on any atom is -0.345 e. The lowest BCUT2D eigenvalue weighted by Crippen LogP contribution is -2.49. The summed E-state index contributed by atoms with van der Waals surface area (Å²) in [5.74, 6) is -0.488. The largest absolute Gasteiger partial charge is 0.345 e. The molecule has 1 atom stereocenters. The predicted molar refractivity (Wildman–Crippen MR) is 121 cm³/mol. The van der Waals surface area contributed by atoms with Crippen molar-refractivity contribution in [2.45, 2.75) is 40.0 Å². The maximum atomic E-state index is 14.1. The van der Waals surface area contributed by atoms with Gasteiger partial charge in [0, 0.05) is 42.9 Å². The molecule has 2 aromatic rings. The number of benzene rings is 1. The standard InChI is InChI=1S/C23H29FN4O2S/c1-14(2)22(30)27-8-10-28(11-9-27)23-26-19-7-5-16(13-20(19)31-23)21(29)25-18-6-4-15(3)12-17(18)24/h4,6,12,14,16H,5,7-11,13H2,1-3H3,(H,25,29)/t16-/m0/s1. The van der Waals surface area contributed by atoms with Crippen LogP contribution >= 0.6 is 11.3 Å². The molecule has 4 rings (SSSR count). The summed E-state index contributed by atoms with van der Waals surface area (Å²) < 4.78 is 14.1. The van der Waals surface area contributed by atoms with Gasteiger partial charge in [0.2, 0.25) is 11.8 Å². The van der Waals surface area contributed by atoms with E-state index >= 15 is 0 Å².